The molecule has 0 spiro atoms. The minimum absolute atomic E-state index is 0.205. The molecule has 174 valence electrons. The monoisotopic (exact) mass is 473 g/mol. The van der Waals surface area contributed by atoms with Crippen LogP contribution in [0.4, 0.5) is 4.39 Å². The fourth-order valence-corrected chi connectivity index (χ4v) is 5.34. The van der Waals surface area contributed by atoms with Gasteiger partial charge in [-0.1, -0.05) is 0 Å². The van der Waals surface area contributed by atoms with Gasteiger partial charge in [-0.15, -0.1) is 0 Å². The second-order valence-corrected chi connectivity index (χ2v) is 9.90. The maximum absolute atomic E-state index is 13.2. The third-order valence-electron chi connectivity index (χ3n) is 5.73. The molecule has 2 aliphatic rings. The zero-order valence-corrected chi connectivity index (χ0v) is 18.8. The molecule has 5 rings (SSSR count). The summed E-state index contributed by atoms with van der Waals surface area (Å²) in [6.07, 6.45) is 2.38. The molecule has 0 bridgehead atoms. The van der Waals surface area contributed by atoms with Gasteiger partial charge in [0.05, 0.1) is 30.9 Å². The van der Waals surface area contributed by atoms with Gasteiger partial charge in [-0.3, -0.25) is 4.90 Å². The van der Waals surface area contributed by atoms with Crippen molar-refractivity contribution < 1.29 is 26.7 Å². The molecule has 0 radical (unpaired) electrons. The number of benzene rings is 2. The number of halogens is 1. The molecule has 1 saturated heterocycles. The standard InChI is InChI=1S/C23H24FN3O5S/c24-18-4-2-17(3-5-18)22-15-25-23(32-22)16-26-8-10-27(11-9-26)33(28,29)19-6-7-20-21(14-19)31-13-1-12-30-20/h2-7,14-15H,1,8-13,16H2. The molecule has 0 unspecified atom stereocenters. The highest BCUT2D eigenvalue weighted by molar-refractivity contribution is 7.89. The Labute approximate surface area is 191 Å². The minimum atomic E-state index is -3.64. The number of hydrogen-bond acceptors (Lipinski definition) is 7. The van der Waals surface area contributed by atoms with E-state index in [4.69, 9.17) is 13.9 Å². The average molecular weight is 474 g/mol. The molecular weight excluding hydrogens is 449 g/mol. The second kappa shape index (κ2) is 9.12. The first kappa shape index (κ1) is 21.9. The van der Waals surface area contributed by atoms with Crippen molar-refractivity contribution >= 4 is 10.0 Å². The third kappa shape index (κ3) is 4.73. The highest BCUT2D eigenvalue weighted by Crippen LogP contribution is 2.33. The van der Waals surface area contributed by atoms with E-state index in [1.807, 2.05) is 0 Å². The van der Waals surface area contributed by atoms with Crippen LogP contribution in [0.2, 0.25) is 0 Å². The molecule has 0 atom stereocenters. The van der Waals surface area contributed by atoms with Gasteiger partial charge < -0.3 is 13.9 Å². The summed E-state index contributed by atoms with van der Waals surface area (Å²) in [7, 11) is -3.64. The first-order valence-corrected chi connectivity index (χ1v) is 12.3. The molecule has 3 aromatic rings. The first-order valence-electron chi connectivity index (χ1n) is 10.8. The molecule has 10 heteroatoms. The molecular formula is C23H24FN3O5S. The van der Waals surface area contributed by atoms with Crippen molar-refractivity contribution in [3.8, 4) is 22.8 Å². The molecule has 8 nitrogen and oxygen atoms in total. The number of piperazine rings is 1. The predicted molar refractivity (Wildman–Crippen MR) is 118 cm³/mol. The lowest BCUT2D eigenvalue weighted by Gasteiger charge is -2.33. The van der Waals surface area contributed by atoms with E-state index < -0.39 is 10.0 Å². The summed E-state index contributed by atoms with van der Waals surface area (Å²) in [6, 6.07) is 10.8. The Hall–Kier alpha value is -2.95. The van der Waals surface area contributed by atoms with E-state index in [0.29, 0.717) is 69.1 Å². The zero-order chi connectivity index (χ0) is 22.8. The molecule has 0 saturated carbocycles. The van der Waals surface area contributed by atoms with Crippen LogP contribution in [0.3, 0.4) is 0 Å². The Morgan fingerprint density at radius 2 is 1.67 bits per heavy atom. The number of oxazole rings is 1. The van der Waals surface area contributed by atoms with Crippen LogP contribution in [-0.2, 0) is 16.6 Å². The van der Waals surface area contributed by atoms with E-state index in [9.17, 15) is 12.8 Å². The number of sulfonamides is 1. The molecule has 33 heavy (non-hydrogen) atoms. The lowest BCUT2D eigenvalue weighted by Crippen LogP contribution is -2.48. The van der Waals surface area contributed by atoms with Gasteiger partial charge in [-0.2, -0.15) is 4.31 Å². The highest BCUT2D eigenvalue weighted by Gasteiger charge is 2.30. The van der Waals surface area contributed by atoms with Crippen LogP contribution in [0.15, 0.2) is 58.0 Å². The number of ether oxygens (including phenoxy) is 2. The number of aromatic nitrogens is 1. The summed E-state index contributed by atoms with van der Waals surface area (Å²) >= 11 is 0. The fourth-order valence-electron chi connectivity index (χ4n) is 3.90. The van der Waals surface area contributed by atoms with E-state index in [2.05, 4.69) is 9.88 Å². The molecule has 0 aliphatic carbocycles. The van der Waals surface area contributed by atoms with E-state index >= 15 is 0 Å². The Morgan fingerprint density at radius 3 is 2.42 bits per heavy atom. The van der Waals surface area contributed by atoms with Gasteiger partial charge in [0.1, 0.15) is 5.82 Å². The summed E-state index contributed by atoms with van der Waals surface area (Å²) in [5.41, 5.74) is 0.751. The van der Waals surface area contributed by atoms with Gasteiger partial charge in [0.25, 0.3) is 0 Å². The Kier molecular flexibility index (Phi) is 6.05. The van der Waals surface area contributed by atoms with Gasteiger partial charge in [0.15, 0.2) is 17.3 Å². The first-order chi connectivity index (χ1) is 16.0. The molecule has 1 fully saturated rings. The van der Waals surface area contributed by atoms with Gasteiger partial charge in [0.2, 0.25) is 15.9 Å². The molecule has 1 aromatic heterocycles. The lowest BCUT2D eigenvalue weighted by molar-refractivity contribution is 0.168. The van der Waals surface area contributed by atoms with Gasteiger partial charge in [0, 0.05) is 44.2 Å². The van der Waals surface area contributed by atoms with E-state index in [1.54, 1.807) is 36.5 Å². The van der Waals surface area contributed by atoms with Crippen LogP contribution >= 0.6 is 0 Å². The highest BCUT2D eigenvalue weighted by atomic mass is 32.2. The second-order valence-electron chi connectivity index (χ2n) is 7.96. The molecule has 0 N–H and O–H groups in total. The van der Waals surface area contributed by atoms with Crippen molar-refractivity contribution in [1.29, 1.82) is 0 Å². The van der Waals surface area contributed by atoms with Crippen molar-refractivity contribution in [2.45, 2.75) is 17.9 Å². The number of hydrogen-bond donors (Lipinski definition) is 0. The van der Waals surface area contributed by atoms with Crippen molar-refractivity contribution in [1.82, 2.24) is 14.2 Å². The summed E-state index contributed by atoms with van der Waals surface area (Å²) in [6.45, 7) is 3.36. The van der Waals surface area contributed by atoms with Gasteiger partial charge in [-0.25, -0.2) is 17.8 Å². The van der Waals surface area contributed by atoms with Gasteiger partial charge >= 0.3 is 0 Å². The minimum Gasteiger partial charge on any atom is -0.490 e. The molecule has 2 aromatic carbocycles. The SMILES string of the molecule is O=S(=O)(c1ccc2c(c1)OCCCO2)N1CCN(Cc2ncc(-c3ccc(F)cc3)o2)CC1. The van der Waals surface area contributed by atoms with Crippen molar-refractivity contribution in [3.05, 3.63) is 60.4 Å². The van der Waals surface area contributed by atoms with Crippen LogP contribution in [0, 0.1) is 5.82 Å². The Bertz CT molecular complexity index is 1220. The van der Waals surface area contributed by atoms with Gasteiger partial charge in [-0.05, 0) is 36.4 Å². The number of nitrogens with zero attached hydrogens (tertiary/aromatic N) is 3. The van der Waals surface area contributed by atoms with Crippen LogP contribution in [-0.4, -0.2) is 62.0 Å². The van der Waals surface area contributed by atoms with Crippen LogP contribution in [0.25, 0.3) is 11.3 Å². The van der Waals surface area contributed by atoms with Crippen molar-refractivity contribution in [2.75, 3.05) is 39.4 Å². The van der Waals surface area contributed by atoms with E-state index in [-0.39, 0.29) is 10.7 Å². The fraction of sp³-hybridized carbons (Fsp3) is 0.348. The molecule has 2 aliphatic heterocycles. The summed E-state index contributed by atoms with van der Waals surface area (Å²) in [5, 5.41) is 0. The summed E-state index contributed by atoms with van der Waals surface area (Å²) < 4.78 is 58.0. The number of rotatable bonds is 5. The zero-order valence-electron chi connectivity index (χ0n) is 17.9. The van der Waals surface area contributed by atoms with E-state index in [1.165, 1.54) is 16.4 Å². The van der Waals surface area contributed by atoms with Crippen LogP contribution in [0.5, 0.6) is 11.5 Å². The topological polar surface area (TPSA) is 85.1 Å². The normalized spacial score (nSPS) is 17.6. The van der Waals surface area contributed by atoms with Crippen LogP contribution < -0.4 is 9.47 Å². The molecule has 3 heterocycles. The summed E-state index contributed by atoms with van der Waals surface area (Å²) in [4.78, 5) is 6.62. The summed E-state index contributed by atoms with van der Waals surface area (Å²) in [5.74, 6) is 1.84. The average Bonchev–Trinajstić information content (AvgIpc) is 3.15. The Balaban J connectivity index is 1.21. The quantitative estimate of drug-likeness (QED) is 0.563. The largest absolute Gasteiger partial charge is 0.490 e. The maximum atomic E-state index is 13.2. The van der Waals surface area contributed by atoms with Crippen LogP contribution in [0.1, 0.15) is 12.3 Å². The lowest BCUT2D eigenvalue weighted by atomic mass is 10.2. The third-order valence-corrected chi connectivity index (χ3v) is 7.62. The molecule has 0 amide bonds. The Morgan fingerprint density at radius 1 is 0.939 bits per heavy atom. The van der Waals surface area contributed by atoms with E-state index in [0.717, 1.165) is 12.0 Å². The predicted octanol–water partition coefficient (Wildman–Crippen LogP) is 3.15. The van der Waals surface area contributed by atoms with Crippen molar-refractivity contribution in [3.63, 3.8) is 0 Å². The maximum Gasteiger partial charge on any atom is 0.243 e. The number of fused-ring (bicyclic) bond motifs is 1. The van der Waals surface area contributed by atoms with Crippen molar-refractivity contribution in [2.24, 2.45) is 0 Å². The smallest absolute Gasteiger partial charge is 0.243 e.